The second-order valence-corrected chi connectivity index (χ2v) is 4.03. The molecule has 80 valence electrons. The fourth-order valence-electron chi connectivity index (χ4n) is 1.41. The first-order valence-corrected chi connectivity index (χ1v) is 5.49. The zero-order chi connectivity index (χ0) is 11.4. The summed E-state index contributed by atoms with van der Waals surface area (Å²) in [5, 5.41) is 0.755. The number of aromatic nitrogens is 1. The molecule has 0 aliphatic rings. The molecule has 2 aromatic rings. The Hall–Kier alpha value is -1.60. The highest BCUT2D eigenvalue weighted by molar-refractivity contribution is 6.30. The lowest BCUT2D eigenvalue weighted by molar-refractivity contribution is 1.18. The molecule has 2 heteroatoms. The lowest BCUT2D eigenvalue weighted by Gasteiger charge is -1.96. The largest absolute Gasteiger partial charge is 0.254 e. The molecule has 0 saturated carbocycles. The van der Waals surface area contributed by atoms with Gasteiger partial charge >= 0.3 is 0 Å². The third-order valence-corrected chi connectivity index (χ3v) is 2.48. The summed E-state index contributed by atoms with van der Waals surface area (Å²) in [5.41, 5.74) is 3.11. The minimum Gasteiger partial charge on any atom is -0.254 e. The summed E-state index contributed by atoms with van der Waals surface area (Å²) >= 11 is 5.81. The zero-order valence-electron chi connectivity index (χ0n) is 9.02. The SMILES string of the molecule is Cc1cccc(C=Cc2ccc(Cl)cc2)n1. The van der Waals surface area contributed by atoms with E-state index in [-0.39, 0.29) is 0 Å². The molecule has 0 bridgehead atoms. The molecule has 0 unspecified atom stereocenters. The van der Waals surface area contributed by atoms with Gasteiger partial charge in [0, 0.05) is 10.7 Å². The maximum atomic E-state index is 5.81. The summed E-state index contributed by atoms with van der Waals surface area (Å²) in [4.78, 5) is 4.39. The molecule has 1 aromatic heterocycles. The normalized spacial score (nSPS) is 10.9. The van der Waals surface area contributed by atoms with Crippen molar-refractivity contribution in [2.45, 2.75) is 6.92 Å². The second kappa shape index (κ2) is 4.95. The van der Waals surface area contributed by atoms with Gasteiger partial charge in [0.2, 0.25) is 0 Å². The van der Waals surface area contributed by atoms with Crippen molar-refractivity contribution >= 4 is 23.8 Å². The fraction of sp³-hybridized carbons (Fsp3) is 0.0714. The molecule has 0 aliphatic heterocycles. The molecule has 0 atom stereocenters. The Bertz CT molecular complexity index is 500. The molecule has 1 aromatic carbocycles. The maximum Gasteiger partial charge on any atom is 0.0633 e. The van der Waals surface area contributed by atoms with Gasteiger partial charge < -0.3 is 0 Å². The standard InChI is InChI=1S/C14H12ClN/c1-11-3-2-4-14(16-11)10-7-12-5-8-13(15)9-6-12/h2-10H,1H3. The average Bonchev–Trinajstić information content (AvgIpc) is 2.28. The van der Waals surface area contributed by atoms with Crippen LogP contribution in [0.25, 0.3) is 12.2 Å². The first-order valence-electron chi connectivity index (χ1n) is 5.11. The van der Waals surface area contributed by atoms with E-state index in [9.17, 15) is 0 Å². The quantitative estimate of drug-likeness (QED) is 0.752. The van der Waals surface area contributed by atoms with Crippen LogP contribution in [0.2, 0.25) is 5.02 Å². The van der Waals surface area contributed by atoms with Crippen molar-refractivity contribution in [2.75, 3.05) is 0 Å². The van der Waals surface area contributed by atoms with Crippen LogP contribution in [0, 0.1) is 6.92 Å². The lowest BCUT2D eigenvalue weighted by Crippen LogP contribution is -1.83. The smallest absolute Gasteiger partial charge is 0.0633 e. The van der Waals surface area contributed by atoms with Crippen LogP contribution >= 0.6 is 11.6 Å². The van der Waals surface area contributed by atoms with Crippen LogP contribution in [0.3, 0.4) is 0 Å². The zero-order valence-corrected chi connectivity index (χ0v) is 9.78. The Labute approximate surface area is 100 Å². The van der Waals surface area contributed by atoms with Crippen LogP contribution in [-0.4, -0.2) is 4.98 Å². The van der Waals surface area contributed by atoms with Gasteiger partial charge in [0.05, 0.1) is 5.69 Å². The predicted octanol–water partition coefficient (Wildman–Crippen LogP) is 4.21. The summed E-state index contributed by atoms with van der Waals surface area (Å²) in [7, 11) is 0. The lowest BCUT2D eigenvalue weighted by atomic mass is 10.2. The van der Waals surface area contributed by atoms with Gasteiger partial charge in [-0.05, 0) is 42.8 Å². The van der Waals surface area contributed by atoms with Gasteiger partial charge in [-0.1, -0.05) is 35.9 Å². The van der Waals surface area contributed by atoms with Gasteiger partial charge in [-0.3, -0.25) is 4.98 Å². The van der Waals surface area contributed by atoms with Crippen LogP contribution in [0.15, 0.2) is 42.5 Å². The van der Waals surface area contributed by atoms with Crippen molar-refractivity contribution in [1.29, 1.82) is 0 Å². The van der Waals surface area contributed by atoms with Gasteiger partial charge in [0.1, 0.15) is 0 Å². The third-order valence-electron chi connectivity index (χ3n) is 2.23. The number of benzene rings is 1. The Kier molecular flexibility index (Phi) is 3.37. The Morgan fingerprint density at radius 2 is 1.75 bits per heavy atom. The van der Waals surface area contributed by atoms with Crippen LogP contribution in [-0.2, 0) is 0 Å². The van der Waals surface area contributed by atoms with E-state index in [1.165, 1.54) is 0 Å². The molecular formula is C14H12ClN. The van der Waals surface area contributed by atoms with Crippen LogP contribution in [0.1, 0.15) is 17.0 Å². The monoisotopic (exact) mass is 229 g/mol. The van der Waals surface area contributed by atoms with Crippen molar-refractivity contribution in [3.05, 3.63) is 64.4 Å². The van der Waals surface area contributed by atoms with E-state index in [2.05, 4.69) is 4.98 Å². The molecule has 1 nitrogen and oxygen atoms in total. The summed E-state index contributed by atoms with van der Waals surface area (Å²) in [6.45, 7) is 1.99. The summed E-state index contributed by atoms with van der Waals surface area (Å²) in [6, 6.07) is 13.7. The van der Waals surface area contributed by atoms with Crippen molar-refractivity contribution in [3.63, 3.8) is 0 Å². The van der Waals surface area contributed by atoms with Crippen LogP contribution < -0.4 is 0 Å². The number of halogens is 1. The molecular weight excluding hydrogens is 218 g/mol. The van der Waals surface area contributed by atoms with Crippen LogP contribution in [0.5, 0.6) is 0 Å². The number of hydrogen-bond acceptors (Lipinski definition) is 1. The number of pyridine rings is 1. The highest BCUT2D eigenvalue weighted by Crippen LogP contribution is 2.12. The Morgan fingerprint density at radius 1 is 1.00 bits per heavy atom. The van der Waals surface area contributed by atoms with E-state index >= 15 is 0 Å². The fourth-order valence-corrected chi connectivity index (χ4v) is 1.54. The molecule has 1 heterocycles. The Morgan fingerprint density at radius 3 is 2.44 bits per heavy atom. The number of hydrogen-bond donors (Lipinski definition) is 0. The van der Waals surface area contributed by atoms with Gasteiger partial charge in [-0.2, -0.15) is 0 Å². The molecule has 0 saturated heterocycles. The maximum absolute atomic E-state index is 5.81. The summed E-state index contributed by atoms with van der Waals surface area (Å²) < 4.78 is 0. The predicted molar refractivity (Wildman–Crippen MR) is 69.4 cm³/mol. The number of nitrogens with zero attached hydrogens (tertiary/aromatic N) is 1. The van der Waals surface area contributed by atoms with Crippen LogP contribution in [0.4, 0.5) is 0 Å². The molecule has 0 amide bonds. The van der Waals surface area contributed by atoms with Gasteiger partial charge in [-0.25, -0.2) is 0 Å². The van der Waals surface area contributed by atoms with Gasteiger partial charge in [0.15, 0.2) is 0 Å². The topological polar surface area (TPSA) is 12.9 Å². The summed E-state index contributed by atoms with van der Waals surface area (Å²) in [6.07, 6.45) is 4.02. The number of aryl methyl sites for hydroxylation is 1. The van der Waals surface area contributed by atoms with E-state index in [1.807, 2.05) is 61.5 Å². The number of rotatable bonds is 2. The van der Waals surface area contributed by atoms with E-state index in [0.29, 0.717) is 0 Å². The third kappa shape index (κ3) is 2.94. The van der Waals surface area contributed by atoms with Crippen molar-refractivity contribution in [1.82, 2.24) is 4.98 Å². The summed E-state index contributed by atoms with van der Waals surface area (Å²) in [5.74, 6) is 0. The van der Waals surface area contributed by atoms with E-state index in [1.54, 1.807) is 0 Å². The average molecular weight is 230 g/mol. The molecule has 0 fully saturated rings. The van der Waals surface area contributed by atoms with E-state index in [0.717, 1.165) is 22.0 Å². The van der Waals surface area contributed by atoms with E-state index in [4.69, 9.17) is 11.6 Å². The highest BCUT2D eigenvalue weighted by atomic mass is 35.5. The van der Waals surface area contributed by atoms with Crippen molar-refractivity contribution in [3.8, 4) is 0 Å². The van der Waals surface area contributed by atoms with Gasteiger partial charge in [-0.15, -0.1) is 0 Å². The molecule has 0 radical (unpaired) electrons. The van der Waals surface area contributed by atoms with Crippen molar-refractivity contribution in [2.24, 2.45) is 0 Å². The second-order valence-electron chi connectivity index (χ2n) is 3.59. The molecule has 0 N–H and O–H groups in total. The van der Waals surface area contributed by atoms with Gasteiger partial charge in [0.25, 0.3) is 0 Å². The van der Waals surface area contributed by atoms with E-state index < -0.39 is 0 Å². The first-order chi connectivity index (χ1) is 7.74. The minimum atomic E-state index is 0.755. The minimum absolute atomic E-state index is 0.755. The van der Waals surface area contributed by atoms with Crippen molar-refractivity contribution < 1.29 is 0 Å². The molecule has 16 heavy (non-hydrogen) atoms. The molecule has 0 aliphatic carbocycles. The highest BCUT2D eigenvalue weighted by Gasteiger charge is 1.90. The first kappa shape index (κ1) is 10.9. The Balaban J connectivity index is 2.18. The molecule has 0 spiro atoms. The molecule has 2 rings (SSSR count).